The van der Waals surface area contributed by atoms with E-state index in [1.54, 1.807) is 4.98 Å². The van der Waals surface area contributed by atoms with Gasteiger partial charge in [0.15, 0.2) is 5.69 Å². The molecule has 0 amide bonds. The van der Waals surface area contributed by atoms with Gasteiger partial charge in [0, 0.05) is 0 Å². The number of halogens is 1. The van der Waals surface area contributed by atoms with Crippen molar-refractivity contribution in [1.29, 1.82) is 0 Å². The number of aromatic amines is 1. The molecule has 10 nitrogen and oxygen atoms in total. The van der Waals surface area contributed by atoms with Crippen LogP contribution in [0, 0.1) is 0 Å². The van der Waals surface area contributed by atoms with Crippen molar-refractivity contribution in [3.05, 3.63) is 10.7 Å². The fraction of sp³-hybridized carbons (Fsp3) is 0.333. The summed E-state index contributed by atoms with van der Waals surface area (Å²) in [7, 11) is -19.3. The molecule has 21 heavy (non-hydrogen) atoms. The monoisotopic (exact) mass is 397 g/mol. The molecule has 1 aromatic heterocycles. The predicted molar refractivity (Wildman–Crippen MR) is 67.6 cm³/mol. The van der Waals surface area contributed by atoms with Gasteiger partial charge in [0.1, 0.15) is 10.8 Å². The average molecular weight is 398 g/mol. The van der Waals surface area contributed by atoms with Crippen LogP contribution in [-0.2, 0) is 41.2 Å². The molecule has 2 heterocycles. The molecule has 1 aliphatic heterocycles. The molecule has 0 unspecified atom stereocenters. The highest BCUT2D eigenvalue weighted by Crippen LogP contribution is 2.31. The fourth-order valence-corrected chi connectivity index (χ4v) is 7.42. The molecule has 15 heteroatoms. The minimum absolute atomic E-state index is 0.378. The Balaban J connectivity index is 2.97. The van der Waals surface area contributed by atoms with E-state index in [1.807, 2.05) is 0 Å². The molecule has 1 aliphatic rings. The molecular formula is C6H6ClN2O8S4+. The van der Waals surface area contributed by atoms with Crippen LogP contribution in [0.15, 0.2) is 10.2 Å². The maximum atomic E-state index is 11.8. The van der Waals surface area contributed by atoms with Crippen molar-refractivity contribution in [2.24, 2.45) is 0 Å². The smallest absolute Gasteiger partial charge is 0.214 e. The van der Waals surface area contributed by atoms with Gasteiger partial charge in [0.25, 0.3) is 22.8 Å². The number of H-pyrrole nitrogens is 1. The van der Waals surface area contributed by atoms with Crippen LogP contribution in [0.4, 0.5) is 0 Å². The molecule has 1 N–H and O–H groups in total. The van der Waals surface area contributed by atoms with Crippen LogP contribution >= 0.6 is 11.6 Å². The number of aromatic nitrogens is 2. The molecule has 2 rings (SSSR count). The number of nitrogens with one attached hydrogen (secondary N) is 1. The second-order valence-electron chi connectivity index (χ2n) is 3.95. The lowest BCUT2D eigenvalue weighted by atomic mass is 10.4. The Hall–Kier alpha value is -0.830. The molecule has 0 saturated heterocycles. The lowest BCUT2D eigenvalue weighted by Gasteiger charge is -2.09. The lowest BCUT2D eigenvalue weighted by molar-refractivity contribution is -0.481. The maximum absolute atomic E-state index is 11.8. The first-order valence-electron chi connectivity index (χ1n) is 4.76. The normalized spacial score (nSPS) is 20.1. The zero-order chi connectivity index (χ0) is 16.4. The fourth-order valence-electron chi connectivity index (χ4n) is 1.39. The van der Waals surface area contributed by atoms with Crippen LogP contribution in [0.5, 0.6) is 0 Å². The third-order valence-corrected chi connectivity index (χ3v) is 12.3. The number of hydrogen-bond acceptors (Lipinski definition) is 9. The maximum Gasteiger partial charge on any atom is 0.431 e. The van der Waals surface area contributed by atoms with Crippen molar-refractivity contribution < 1.29 is 38.7 Å². The Morgan fingerprint density at radius 2 is 1.67 bits per heavy atom. The van der Waals surface area contributed by atoms with Crippen molar-refractivity contribution in [3.8, 4) is 0 Å². The summed E-state index contributed by atoms with van der Waals surface area (Å²) < 4.78 is 92.6. The number of nitrogens with zero attached hydrogens (tertiary/aromatic N) is 1. The topological polar surface area (TPSA) is 164 Å². The van der Waals surface area contributed by atoms with Gasteiger partial charge in [-0.15, -0.1) is 0 Å². The van der Waals surface area contributed by atoms with E-state index in [-0.39, 0.29) is 0 Å². The van der Waals surface area contributed by atoms with Crippen LogP contribution in [0.2, 0.25) is 5.02 Å². The van der Waals surface area contributed by atoms with E-state index in [2.05, 4.69) is 4.98 Å². The predicted octanol–water partition coefficient (Wildman–Crippen LogP) is -2.10. The molecule has 0 radical (unpaired) electrons. The molecule has 0 saturated carbocycles. The summed E-state index contributed by atoms with van der Waals surface area (Å²) >= 11 is 5.63. The third kappa shape index (κ3) is 2.25. The van der Waals surface area contributed by atoms with E-state index in [0.29, 0.717) is 6.26 Å². The van der Waals surface area contributed by atoms with Crippen LogP contribution in [0.25, 0.3) is 0 Å². The van der Waals surface area contributed by atoms with E-state index in [0.717, 1.165) is 0 Å². The molecule has 118 valence electrons. The highest BCUT2D eigenvalue weighted by molar-refractivity contribution is 8.67. The van der Waals surface area contributed by atoms with Crippen molar-refractivity contribution in [3.63, 3.8) is 0 Å². The Morgan fingerprint density at radius 1 is 1.14 bits per heavy atom. The van der Waals surface area contributed by atoms with Crippen LogP contribution in [-0.4, -0.2) is 44.9 Å². The highest BCUT2D eigenvalue weighted by Gasteiger charge is 2.50. The molecule has 2 bridgehead atoms. The van der Waals surface area contributed by atoms with Crippen LogP contribution < -0.4 is 4.98 Å². The number of fused-ring (bicyclic) bond motifs is 2. The Morgan fingerprint density at radius 3 is 2.14 bits per heavy atom. The summed E-state index contributed by atoms with van der Waals surface area (Å²) in [4.78, 5) is 5.04. The zero-order valence-corrected chi connectivity index (χ0v) is 14.0. The second-order valence-corrected chi connectivity index (χ2v) is 15.7. The highest BCUT2D eigenvalue weighted by atomic mass is 35.5. The molecule has 0 fully saturated rings. The van der Waals surface area contributed by atoms with Gasteiger partial charge < -0.3 is 0 Å². The van der Waals surface area contributed by atoms with Crippen molar-refractivity contribution in [1.82, 2.24) is 4.98 Å². The molecule has 0 spiro atoms. The standard InChI is InChI=1S/C6H5ClN2O8S4/c1-18(10,11)20(14,15)5-4(7)3-2-19(12,13)21(16,17)6(8-3)9-5/h2H2,1H3/p+1. The van der Waals surface area contributed by atoms with Crippen molar-refractivity contribution >= 4 is 47.1 Å². The minimum atomic E-state index is -5.03. The van der Waals surface area contributed by atoms with Gasteiger partial charge in [0.05, 0.1) is 6.26 Å². The van der Waals surface area contributed by atoms with Gasteiger partial charge in [-0.1, -0.05) is 11.6 Å². The Kier molecular flexibility index (Phi) is 3.42. The summed E-state index contributed by atoms with van der Waals surface area (Å²) in [5, 5.41) is -3.12. The van der Waals surface area contributed by atoms with E-state index in [9.17, 15) is 33.7 Å². The van der Waals surface area contributed by atoms with Gasteiger partial charge in [-0.05, 0) is 4.98 Å². The average Bonchev–Trinajstić information content (AvgIpc) is 2.27. The van der Waals surface area contributed by atoms with Gasteiger partial charge >= 0.3 is 22.9 Å². The first kappa shape index (κ1) is 16.5. The Labute approximate surface area is 123 Å². The van der Waals surface area contributed by atoms with Crippen molar-refractivity contribution in [2.75, 3.05) is 6.26 Å². The van der Waals surface area contributed by atoms with Crippen LogP contribution in [0.1, 0.15) is 5.69 Å². The third-order valence-electron chi connectivity index (χ3n) is 2.44. The number of rotatable bonds is 2. The molecular weight excluding hydrogens is 392 g/mol. The first-order chi connectivity index (χ1) is 9.22. The van der Waals surface area contributed by atoms with Gasteiger partial charge in [0.2, 0.25) is 0 Å². The summed E-state index contributed by atoms with van der Waals surface area (Å²) in [5.41, 5.74) is -0.567. The second kappa shape index (κ2) is 4.34. The van der Waals surface area contributed by atoms with Gasteiger partial charge in [-0.2, -0.15) is 8.42 Å². The van der Waals surface area contributed by atoms with E-state index < -0.39 is 62.1 Å². The van der Waals surface area contributed by atoms with Crippen molar-refractivity contribution in [2.45, 2.75) is 15.9 Å². The minimum Gasteiger partial charge on any atom is -0.214 e. The summed E-state index contributed by atoms with van der Waals surface area (Å²) in [6, 6.07) is 0. The zero-order valence-electron chi connectivity index (χ0n) is 9.93. The number of hydrogen-bond donors (Lipinski definition) is 0. The molecule has 0 aromatic carbocycles. The lowest BCUT2D eigenvalue weighted by Crippen LogP contribution is -2.36. The molecule has 1 aromatic rings. The quantitative estimate of drug-likeness (QED) is 0.308. The first-order valence-corrected chi connectivity index (χ1v) is 12.7. The Bertz CT molecular complexity index is 1070. The summed E-state index contributed by atoms with van der Waals surface area (Å²) in [6.07, 6.45) is 0.378. The molecule has 0 atom stereocenters. The van der Waals surface area contributed by atoms with E-state index in [1.165, 1.54) is 0 Å². The van der Waals surface area contributed by atoms with Crippen LogP contribution in [0.3, 0.4) is 0 Å². The summed E-state index contributed by atoms with van der Waals surface area (Å²) in [5.74, 6) is -1.15. The largest absolute Gasteiger partial charge is 0.431 e. The molecule has 0 aliphatic carbocycles. The SMILES string of the molecule is CS(=O)(=O)S(=O)(=O)c1[nH+]c2nc(c1Cl)CS(=O)(=O)S2(=O)=O. The van der Waals surface area contributed by atoms with Gasteiger partial charge in [-0.25, -0.2) is 30.2 Å². The van der Waals surface area contributed by atoms with E-state index in [4.69, 9.17) is 11.6 Å². The van der Waals surface area contributed by atoms with Gasteiger partial charge in [-0.3, -0.25) is 0 Å². The van der Waals surface area contributed by atoms with E-state index >= 15 is 0 Å². The summed E-state index contributed by atoms with van der Waals surface area (Å²) in [6.45, 7) is 0.